The number of alkyl halides is 6. The molecule has 2 aromatic rings. The van der Waals surface area contributed by atoms with Crippen molar-refractivity contribution in [1.82, 2.24) is 0 Å². The topological polar surface area (TPSA) is 35.2 Å². The first-order chi connectivity index (χ1) is 13.9. The molecule has 0 bridgehead atoms. The SMILES string of the molecule is NC1CCC(OCCc2cc(C(F)(F)F)cc(C(F)(F)F)c2)C1c1ccc(F)cc1. The summed E-state index contributed by atoms with van der Waals surface area (Å²) in [6.45, 7) is -0.0618. The van der Waals surface area contributed by atoms with Crippen LogP contribution in [0.3, 0.4) is 0 Å². The first kappa shape index (κ1) is 22.6. The van der Waals surface area contributed by atoms with Gasteiger partial charge in [0.1, 0.15) is 5.82 Å². The molecular formula is C21H20F7NO. The van der Waals surface area contributed by atoms with E-state index in [-0.39, 0.29) is 42.7 Å². The predicted molar refractivity (Wildman–Crippen MR) is 96.2 cm³/mol. The normalized spacial score (nSPS) is 22.5. The number of rotatable bonds is 5. The molecule has 0 aromatic heterocycles. The summed E-state index contributed by atoms with van der Waals surface area (Å²) in [4.78, 5) is 0. The summed E-state index contributed by atoms with van der Waals surface area (Å²) in [5.41, 5.74) is 4.11. The molecule has 1 aliphatic rings. The molecule has 0 aliphatic heterocycles. The van der Waals surface area contributed by atoms with Gasteiger partial charge in [0, 0.05) is 12.0 Å². The predicted octanol–water partition coefficient (Wildman–Crippen LogP) is 5.70. The zero-order valence-electron chi connectivity index (χ0n) is 15.7. The van der Waals surface area contributed by atoms with Gasteiger partial charge in [-0.3, -0.25) is 0 Å². The lowest BCUT2D eigenvalue weighted by molar-refractivity contribution is -0.143. The number of ether oxygens (including phenoxy) is 1. The second kappa shape index (κ2) is 8.55. The molecule has 3 rings (SSSR count). The summed E-state index contributed by atoms with van der Waals surface area (Å²) in [5.74, 6) is -0.620. The van der Waals surface area contributed by atoms with Crippen LogP contribution in [-0.4, -0.2) is 18.8 Å². The van der Waals surface area contributed by atoms with Crippen LogP contribution in [0.5, 0.6) is 0 Å². The van der Waals surface area contributed by atoms with Gasteiger partial charge in [-0.1, -0.05) is 12.1 Å². The van der Waals surface area contributed by atoms with E-state index in [1.807, 2.05) is 0 Å². The second-order valence-corrected chi connectivity index (χ2v) is 7.39. The number of benzene rings is 2. The van der Waals surface area contributed by atoms with Gasteiger partial charge >= 0.3 is 12.4 Å². The van der Waals surface area contributed by atoms with E-state index < -0.39 is 29.3 Å². The fourth-order valence-electron chi connectivity index (χ4n) is 3.82. The van der Waals surface area contributed by atoms with Gasteiger partial charge in [-0.05, 0) is 60.7 Å². The Morgan fingerprint density at radius 3 is 1.97 bits per heavy atom. The fraction of sp³-hybridized carbons (Fsp3) is 0.429. The first-order valence-electron chi connectivity index (χ1n) is 9.36. The van der Waals surface area contributed by atoms with E-state index in [0.29, 0.717) is 25.0 Å². The summed E-state index contributed by atoms with van der Waals surface area (Å²) >= 11 is 0. The Labute approximate surface area is 168 Å². The highest BCUT2D eigenvalue weighted by atomic mass is 19.4. The molecule has 2 aromatic carbocycles. The van der Waals surface area contributed by atoms with E-state index in [2.05, 4.69) is 0 Å². The molecule has 1 saturated carbocycles. The lowest BCUT2D eigenvalue weighted by Gasteiger charge is -2.24. The minimum Gasteiger partial charge on any atom is -0.377 e. The van der Waals surface area contributed by atoms with E-state index in [1.54, 1.807) is 12.1 Å². The molecule has 0 radical (unpaired) electrons. The molecule has 0 amide bonds. The van der Waals surface area contributed by atoms with Gasteiger partial charge in [0.25, 0.3) is 0 Å². The molecule has 0 saturated heterocycles. The third-order valence-electron chi connectivity index (χ3n) is 5.27. The number of halogens is 7. The van der Waals surface area contributed by atoms with Gasteiger partial charge in [-0.25, -0.2) is 4.39 Å². The van der Waals surface area contributed by atoms with Gasteiger partial charge in [0.2, 0.25) is 0 Å². The van der Waals surface area contributed by atoms with Crippen LogP contribution in [0.15, 0.2) is 42.5 Å². The van der Waals surface area contributed by atoms with Crippen molar-refractivity contribution in [2.24, 2.45) is 5.73 Å². The van der Waals surface area contributed by atoms with Crippen molar-refractivity contribution in [3.05, 3.63) is 70.5 Å². The van der Waals surface area contributed by atoms with E-state index >= 15 is 0 Å². The van der Waals surface area contributed by atoms with Crippen molar-refractivity contribution in [2.75, 3.05) is 6.61 Å². The molecule has 0 heterocycles. The molecule has 1 fully saturated rings. The maximum Gasteiger partial charge on any atom is 0.416 e. The summed E-state index contributed by atoms with van der Waals surface area (Å²) < 4.78 is 96.8. The largest absolute Gasteiger partial charge is 0.416 e. The average molecular weight is 435 g/mol. The molecule has 9 heteroatoms. The highest BCUT2D eigenvalue weighted by Gasteiger charge is 2.38. The molecular weight excluding hydrogens is 415 g/mol. The highest BCUT2D eigenvalue weighted by molar-refractivity contribution is 5.34. The van der Waals surface area contributed by atoms with E-state index in [4.69, 9.17) is 10.5 Å². The minimum atomic E-state index is -4.89. The van der Waals surface area contributed by atoms with Crippen LogP contribution in [0.1, 0.15) is 41.0 Å². The van der Waals surface area contributed by atoms with Crippen LogP contribution in [0, 0.1) is 5.82 Å². The summed E-state index contributed by atoms with van der Waals surface area (Å²) in [5, 5.41) is 0. The van der Waals surface area contributed by atoms with Crippen LogP contribution in [0.4, 0.5) is 30.7 Å². The first-order valence-corrected chi connectivity index (χ1v) is 9.36. The van der Waals surface area contributed by atoms with Gasteiger partial charge in [0.05, 0.1) is 23.8 Å². The van der Waals surface area contributed by atoms with Gasteiger partial charge in [-0.2, -0.15) is 26.3 Å². The van der Waals surface area contributed by atoms with Crippen molar-refractivity contribution in [1.29, 1.82) is 0 Å². The van der Waals surface area contributed by atoms with Crippen LogP contribution in [-0.2, 0) is 23.5 Å². The van der Waals surface area contributed by atoms with E-state index in [1.165, 1.54) is 12.1 Å². The lowest BCUT2D eigenvalue weighted by Crippen LogP contribution is -2.29. The quantitative estimate of drug-likeness (QED) is 0.612. The fourth-order valence-corrected chi connectivity index (χ4v) is 3.82. The lowest BCUT2D eigenvalue weighted by atomic mass is 9.93. The summed E-state index contributed by atoms with van der Waals surface area (Å²) in [6, 6.07) is 7.09. The molecule has 3 unspecified atom stereocenters. The maximum atomic E-state index is 13.2. The van der Waals surface area contributed by atoms with Crippen molar-refractivity contribution in [3.63, 3.8) is 0 Å². The Morgan fingerprint density at radius 1 is 0.867 bits per heavy atom. The van der Waals surface area contributed by atoms with E-state index in [0.717, 1.165) is 5.56 Å². The van der Waals surface area contributed by atoms with Crippen molar-refractivity contribution in [2.45, 2.75) is 49.7 Å². The molecule has 164 valence electrons. The van der Waals surface area contributed by atoms with Gasteiger partial charge in [0.15, 0.2) is 0 Å². The molecule has 2 N–H and O–H groups in total. The minimum absolute atomic E-state index is 0.0618. The van der Waals surface area contributed by atoms with Gasteiger partial charge in [-0.15, -0.1) is 0 Å². The smallest absolute Gasteiger partial charge is 0.377 e. The zero-order chi connectivity index (χ0) is 22.1. The van der Waals surface area contributed by atoms with Crippen molar-refractivity contribution < 1.29 is 35.5 Å². The Hall–Kier alpha value is -2.13. The third-order valence-corrected chi connectivity index (χ3v) is 5.27. The van der Waals surface area contributed by atoms with Gasteiger partial charge < -0.3 is 10.5 Å². The Bertz CT molecular complexity index is 829. The third kappa shape index (κ3) is 5.31. The molecule has 1 aliphatic carbocycles. The molecule has 2 nitrogen and oxygen atoms in total. The molecule has 3 atom stereocenters. The van der Waals surface area contributed by atoms with Crippen LogP contribution < -0.4 is 5.73 Å². The Morgan fingerprint density at radius 2 is 1.43 bits per heavy atom. The molecule has 30 heavy (non-hydrogen) atoms. The van der Waals surface area contributed by atoms with Crippen LogP contribution in [0.25, 0.3) is 0 Å². The van der Waals surface area contributed by atoms with E-state index in [9.17, 15) is 30.7 Å². The monoisotopic (exact) mass is 435 g/mol. The van der Waals surface area contributed by atoms with Crippen LogP contribution >= 0.6 is 0 Å². The second-order valence-electron chi connectivity index (χ2n) is 7.39. The highest BCUT2D eigenvalue weighted by Crippen LogP contribution is 2.38. The summed E-state index contributed by atoms with van der Waals surface area (Å²) in [6.07, 6.45) is -8.99. The maximum absolute atomic E-state index is 13.2. The number of hydrogen-bond donors (Lipinski definition) is 1. The van der Waals surface area contributed by atoms with Crippen LogP contribution in [0.2, 0.25) is 0 Å². The van der Waals surface area contributed by atoms with Crippen molar-refractivity contribution in [3.8, 4) is 0 Å². The number of hydrogen-bond acceptors (Lipinski definition) is 2. The Kier molecular flexibility index (Phi) is 6.43. The molecule has 0 spiro atoms. The van der Waals surface area contributed by atoms with Crippen molar-refractivity contribution >= 4 is 0 Å². The summed E-state index contributed by atoms with van der Waals surface area (Å²) in [7, 11) is 0. The standard InChI is InChI=1S/C21H20F7NO/c22-16-3-1-13(2-4-16)19-17(29)5-6-18(19)30-8-7-12-9-14(20(23,24)25)11-15(10-12)21(26,27)28/h1-4,9-11,17-19H,5-8,29H2. The zero-order valence-corrected chi connectivity index (χ0v) is 15.7. The average Bonchev–Trinajstić information content (AvgIpc) is 3.01. The Balaban J connectivity index is 1.71. The number of nitrogens with two attached hydrogens (primary N) is 1.